The Bertz CT molecular complexity index is 600. The van der Waals surface area contributed by atoms with Gasteiger partial charge in [-0.05, 0) is 42.8 Å². The van der Waals surface area contributed by atoms with Crippen LogP contribution in [0.15, 0.2) is 36.4 Å². The normalized spacial score (nSPS) is 10.3. The van der Waals surface area contributed by atoms with Crippen LogP contribution >= 0.6 is 23.2 Å². The Morgan fingerprint density at radius 1 is 1.05 bits per heavy atom. The van der Waals surface area contributed by atoms with Gasteiger partial charge in [-0.2, -0.15) is 0 Å². The van der Waals surface area contributed by atoms with Crippen molar-refractivity contribution < 1.29 is 9.47 Å². The van der Waals surface area contributed by atoms with Crippen molar-refractivity contribution >= 4 is 28.9 Å². The van der Waals surface area contributed by atoms with Crippen LogP contribution < -0.4 is 14.8 Å². The number of ether oxygens (including phenoxy) is 2. The lowest BCUT2D eigenvalue weighted by molar-refractivity contribution is 0.310. The highest BCUT2D eigenvalue weighted by molar-refractivity contribution is 6.31. The molecule has 0 saturated carbocycles. The zero-order valence-corrected chi connectivity index (χ0v) is 13.5. The van der Waals surface area contributed by atoms with Crippen LogP contribution in [-0.4, -0.2) is 13.7 Å². The van der Waals surface area contributed by atoms with Gasteiger partial charge in [-0.3, -0.25) is 0 Å². The third-order valence-corrected chi connectivity index (χ3v) is 3.56. The average molecular weight is 326 g/mol. The minimum absolute atomic E-state index is 0.571. The zero-order valence-electron chi connectivity index (χ0n) is 12.0. The summed E-state index contributed by atoms with van der Waals surface area (Å²) in [5, 5.41) is 4.64. The van der Waals surface area contributed by atoms with Crippen LogP contribution in [0.25, 0.3) is 0 Å². The summed E-state index contributed by atoms with van der Waals surface area (Å²) in [6.45, 7) is 3.09. The van der Waals surface area contributed by atoms with Crippen LogP contribution in [0.1, 0.15) is 12.5 Å². The monoisotopic (exact) mass is 325 g/mol. The van der Waals surface area contributed by atoms with Gasteiger partial charge in [-0.25, -0.2) is 0 Å². The number of rotatable bonds is 6. The first-order chi connectivity index (χ1) is 10.1. The summed E-state index contributed by atoms with van der Waals surface area (Å²) in [7, 11) is 1.60. The molecule has 0 unspecified atom stereocenters. The summed E-state index contributed by atoms with van der Waals surface area (Å²) in [6, 6.07) is 11.2. The lowest BCUT2D eigenvalue weighted by Gasteiger charge is -2.14. The fourth-order valence-electron chi connectivity index (χ4n) is 1.91. The SMILES string of the molecule is CCOc1cc(CNc2ccc(Cl)cc2)c(Cl)cc1OC. The molecule has 0 saturated heterocycles. The molecule has 2 rings (SSSR count). The van der Waals surface area contributed by atoms with Crippen molar-refractivity contribution in [3.05, 3.63) is 52.0 Å². The molecule has 0 bridgehead atoms. The molecule has 2 aromatic carbocycles. The van der Waals surface area contributed by atoms with E-state index in [2.05, 4.69) is 5.32 Å². The predicted octanol–water partition coefficient (Wildman–Crippen LogP) is 5.01. The number of benzene rings is 2. The Morgan fingerprint density at radius 2 is 1.76 bits per heavy atom. The largest absolute Gasteiger partial charge is 0.493 e. The average Bonchev–Trinajstić information content (AvgIpc) is 2.49. The highest BCUT2D eigenvalue weighted by atomic mass is 35.5. The second kappa shape index (κ2) is 7.43. The molecular weight excluding hydrogens is 309 g/mol. The van der Waals surface area contributed by atoms with E-state index < -0.39 is 0 Å². The van der Waals surface area contributed by atoms with Crippen LogP contribution in [-0.2, 0) is 6.54 Å². The first kappa shape index (κ1) is 15.8. The summed E-state index contributed by atoms with van der Waals surface area (Å²) in [5.74, 6) is 1.33. The van der Waals surface area contributed by atoms with E-state index in [-0.39, 0.29) is 0 Å². The third-order valence-electron chi connectivity index (χ3n) is 2.96. The molecule has 0 aliphatic heterocycles. The van der Waals surface area contributed by atoms with Gasteiger partial charge in [0.15, 0.2) is 11.5 Å². The second-order valence-corrected chi connectivity index (χ2v) is 5.23. The molecule has 0 aromatic heterocycles. The molecule has 3 nitrogen and oxygen atoms in total. The minimum atomic E-state index is 0.571. The van der Waals surface area contributed by atoms with Crippen molar-refractivity contribution in [2.45, 2.75) is 13.5 Å². The van der Waals surface area contributed by atoms with Gasteiger partial charge >= 0.3 is 0 Å². The standard InChI is InChI=1S/C16H17Cl2NO2/c1-3-21-16-8-11(14(18)9-15(16)20-2)10-19-13-6-4-12(17)5-7-13/h4-9,19H,3,10H2,1-2H3. The number of anilines is 1. The molecule has 0 fully saturated rings. The summed E-state index contributed by atoms with van der Waals surface area (Å²) >= 11 is 12.1. The first-order valence-corrected chi connectivity index (χ1v) is 7.38. The Hall–Kier alpha value is -1.58. The molecule has 112 valence electrons. The second-order valence-electron chi connectivity index (χ2n) is 4.39. The van der Waals surface area contributed by atoms with E-state index in [1.54, 1.807) is 13.2 Å². The molecule has 0 spiro atoms. The molecule has 0 radical (unpaired) electrons. The maximum Gasteiger partial charge on any atom is 0.162 e. The van der Waals surface area contributed by atoms with Gasteiger partial charge in [0.05, 0.1) is 13.7 Å². The third kappa shape index (κ3) is 4.19. The van der Waals surface area contributed by atoms with E-state index in [1.807, 2.05) is 37.3 Å². The molecule has 1 N–H and O–H groups in total. The number of halogens is 2. The van der Waals surface area contributed by atoms with Crippen molar-refractivity contribution in [1.29, 1.82) is 0 Å². The van der Waals surface area contributed by atoms with Crippen LogP contribution in [0.4, 0.5) is 5.69 Å². The summed E-state index contributed by atoms with van der Waals surface area (Å²) < 4.78 is 10.8. The summed E-state index contributed by atoms with van der Waals surface area (Å²) in [4.78, 5) is 0. The highest BCUT2D eigenvalue weighted by Crippen LogP contribution is 2.33. The van der Waals surface area contributed by atoms with E-state index in [9.17, 15) is 0 Å². The number of hydrogen-bond donors (Lipinski definition) is 1. The molecule has 0 aliphatic carbocycles. The number of nitrogens with one attached hydrogen (secondary N) is 1. The zero-order chi connectivity index (χ0) is 15.2. The Morgan fingerprint density at radius 3 is 2.38 bits per heavy atom. The molecule has 5 heteroatoms. The Labute approximate surface area is 134 Å². The maximum absolute atomic E-state index is 6.28. The van der Waals surface area contributed by atoms with Crippen LogP contribution in [0.2, 0.25) is 10.0 Å². The van der Waals surface area contributed by atoms with E-state index in [1.165, 1.54) is 0 Å². The Balaban J connectivity index is 2.15. The fraction of sp³-hybridized carbons (Fsp3) is 0.250. The van der Waals surface area contributed by atoms with E-state index in [4.69, 9.17) is 32.7 Å². The molecule has 0 amide bonds. The number of hydrogen-bond acceptors (Lipinski definition) is 3. The molecular formula is C16H17Cl2NO2. The maximum atomic E-state index is 6.28. The van der Waals surface area contributed by atoms with Crippen LogP contribution in [0.5, 0.6) is 11.5 Å². The summed E-state index contributed by atoms with van der Waals surface area (Å²) in [6.07, 6.45) is 0. The summed E-state index contributed by atoms with van der Waals surface area (Å²) in [5.41, 5.74) is 1.92. The van der Waals surface area contributed by atoms with Gasteiger partial charge in [0, 0.05) is 28.3 Å². The van der Waals surface area contributed by atoms with Gasteiger partial charge in [0.2, 0.25) is 0 Å². The van der Waals surface area contributed by atoms with Gasteiger partial charge in [-0.15, -0.1) is 0 Å². The molecule has 0 heterocycles. The van der Waals surface area contributed by atoms with Crippen molar-refractivity contribution in [3.63, 3.8) is 0 Å². The van der Waals surface area contributed by atoms with Gasteiger partial charge in [-0.1, -0.05) is 23.2 Å². The van der Waals surface area contributed by atoms with Crippen molar-refractivity contribution in [1.82, 2.24) is 0 Å². The molecule has 0 aliphatic rings. The van der Waals surface area contributed by atoms with E-state index in [0.29, 0.717) is 34.7 Å². The van der Waals surface area contributed by atoms with Crippen molar-refractivity contribution in [2.75, 3.05) is 19.0 Å². The Kier molecular flexibility index (Phi) is 5.59. The molecule has 0 atom stereocenters. The van der Waals surface area contributed by atoms with Gasteiger partial charge < -0.3 is 14.8 Å². The number of methoxy groups -OCH3 is 1. The van der Waals surface area contributed by atoms with Gasteiger partial charge in [0.1, 0.15) is 0 Å². The van der Waals surface area contributed by atoms with Gasteiger partial charge in [0.25, 0.3) is 0 Å². The van der Waals surface area contributed by atoms with Crippen molar-refractivity contribution in [2.24, 2.45) is 0 Å². The van der Waals surface area contributed by atoms with Crippen LogP contribution in [0.3, 0.4) is 0 Å². The quantitative estimate of drug-likeness (QED) is 0.809. The van der Waals surface area contributed by atoms with E-state index >= 15 is 0 Å². The highest BCUT2D eigenvalue weighted by Gasteiger charge is 2.10. The van der Waals surface area contributed by atoms with Crippen LogP contribution in [0, 0.1) is 0 Å². The molecule has 21 heavy (non-hydrogen) atoms. The van der Waals surface area contributed by atoms with Crippen molar-refractivity contribution in [3.8, 4) is 11.5 Å². The first-order valence-electron chi connectivity index (χ1n) is 6.62. The smallest absolute Gasteiger partial charge is 0.162 e. The predicted molar refractivity (Wildman–Crippen MR) is 88.0 cm³/mol. The fourth-order valence-corrected chi connectivity index (χ4v) is 2.25. The lowest BCUT2D eigenvalue weighted by atomic mass is 10.2. The topological polar surface area (TPSA) is 30.5 Å². The molecule has 2 aromatic rings. The lowest BCUT2D eigenvalue weighted by Crippen LogP contribution is -2.02. The minimum Gasteiger partial charge on any atom is -0.493 e. The van der Waals surface area contributed by atoms with E-state index in [0.717, 1.165) is 11.3 Å².